The van der Waals surface area contributed by atoms with Crippen molar-refractivity contribution in [3.8, 4) is 16.9 Å². The highest BCUT2D eigenvalue weighted by Gasteiger charge is 2.17. The molecule has 0 saturated heterocycles. The van der Waals surface area contributed by atoms with Gasteiger partial charge in [-0.25, -0.2) is 4.79 Å². The van der Waals surface area contributed by atoms with E-state index in [4.69, 9.17) is 20.8 Å². The van der Waals surface area contributed by atoms with Gasteiger partial charge in [-0.3, -0.25) is 4.79 Å². The van der Waals surface area contributed by atoms with Gasteiger partial charge in [-0.2, -0.15) is 0 Å². The van der Waals surface area contributed by atoms with E-state index in [-0.39, 0.29) is 5.91 Å². The van der Waals surface area contributed by atoms with E-state index in [0.29, 0.717) is 21.9 Å². The third-order valence-corrected chi connectivity index (χ3v) is 4.31. The molecule has 0 bridgehead atoms. The largest absolute Gasteiger partial charge is 0.481 e. The first kappa shape index (κ1) is 18.0. The number of halogens is 1. The lowest BCUT2D eigenvalue weighted by Crippen LogP contribution is -2.35. The molecule has 0 aliphatic rings. The Morgan fingerprint density at radius 3 is 2.54 bits per heavy atom. The van der Waals surface area contributed by atoms with Crippen LogP contribution in [0.3, 0.4) is 0 Å². The van der Waals surface area contributed by atoms with E-state index in [1.54, 1.807) is 45.3 Å². The van der Waals surface area contributed by atoms with E-state index in [1.165, 1.54) is 11.0 Å². The first-order chi connectivity index (χ1) is 12.4. The van der Waals surface area contributed by atoms with Crippen molar-refractivity contribution in [3.63, 3.8) is 0 Å². The average molecular weight is 372 g/mol. The average Bonchev–Trinajstić information content (AvgIpc) is 2.60. The van der Waals surface area contributed by atoms with Gasteiger partial charge in [-0.05, 0) is 25.1 Å². The number of carbonyl (C=O) groups is 1. The number of likely N-dealkylation sites (N-methyl/N-ethyl adjacent to an activating group) is 1. The summed E-state index contributed by atoms with van der Waals surface area (Å²) in [6.45, 7) is 1.67. The second-order valence-electron chi connectivity index (χ2n) is 6.11. The van der Waals surface area contributed by atoms with E-state index in [2.05, 4.69) is 0 Å². The summed E-state index contributed by atoms with van der Waals surface area (Å²) in [6.07, 6.45) is -0.652. The molecule has 0 fully saturated rings. The van der Waals surface area contributed by atoms with Crippen LogP contribution < -0.4 is 10.4 Å². The Morgan fingerprint density at radius 2 is 1.85 bits per heavy atom. The number of hydrogen-bond donors (Lipinski definition) is 0. The van der Waals surface area contributed by atoms with Gasteiger partial charge < -0.3 is 14.1 Å². The Hall–Kier alpha value is -2.79. The van der Waals surface area contributed by atoms with E-state index < -0.39 is 11.7 Å². The zero-order valence-electron chi connectivity index (χ0n) is 14.7. The van der Waals surface area contributed by atoms with Crippen LogP contribution in [0.1, 0.15) is 6.92 Å². The number of rotatable bonds is 4. The summed E-state index contributed by atoms with van der Waals surface area (Å²) in [4.78, 5) is 25.4. The summed E-state index contributed by atoms with van der Waals surface area (Å²) in [6, 6.07) is 13.9. The van der Waals surface area contributed by atoms with Crippen molar-refractivity contribution < 1.29 is 13.9 Å². The predicted octanol–water partition coefficient (Wildman–Crippen LogP) is 3.97. The topological polar surface area (TPSA) is 59.8 Å². The Morgan fingerprint density at radius 1 is 1.12 bits per heavy atom. The van der Waals surface area contributed by atoms with Crippen molar-refractivity contribution >= 4 is 28.5 Å². The molecule has 0 saturated carbocycles. The van der Waals surface area contributed by atoms with E-state index in [9.17, 15) is 9.59 Å². The van der Waals surface area contributed by atoms with E-state index in [0.717, 1.165) is 10.9 Å². The minimum absolute atomic E-state index is 0.156. The van der Waals surface area contributed by atoms with Crippen molar-refractivity contribution in [1.82, 2.24) is 4.90 Å². The van der Waals surface area contributed by atoms with Gasteiger partial charge in [-0.1, -0.05) is 29.8 Å². The summed E-state index contributed by atoms with van der Waals surface area (Å²) in [5.74, 6) is 0.288. The fourth-order valence-corrected chi connectivity index (χ4v) is 2.97. The van der Waals surface area contributed by atoms with Crippen molar-refractivity contribution in [2.45, 2.75) is 13.0 Å². The van der Waals surface area contributed by atoms with Gasteiger partial charge in [0.1, 0.15) is 11.3 Å². The van der Waals surface area contributed by atoms with Crippen molar-refractivity contribution in [1.29, 1.82) is 0 Å². The molecule has 1 amide bonds. The molecule has 1 heterocycles. The smallest absolute Gasteiger partial charge is 0.336 e. The zero-order valence-corrected chi connectivity index (χ0v) is 15.4. The van der Waals surface area contributed by atoms with Crippen LogP contribution in [0, 0.1) is 0 Å². The molecule has 134 valence electrons. The maximum absolute atomic E-state index is 12.0. The minimum Gasteiger partial charge on any atom is -0.481 e. The molecule has 5 nitrogen and oxygen atoms in total. The highest BCUT2D eigenvalue weighted by molar-refractivity contribution is 6.33. The van der Waals surface area contributed by atoms with Crippen LogP contribution in [0.4, 0.5) is 0 Å². The molecule has 3 aromatic rings. The summed E-state index contributed by atoms with van der Waals surface area (Å²) >= 11 is 6.28. The van der Waals surface area contributed by atoms with E-state index >= 15 is 0 Å². The number of amides is 1. The van der Waals surface area contributed by atoms with Crippen LogP contribution in [0.2, 0.25) is 5.02 Å². The lowest BCUT2D eigenvalue weighted by atomic mass is 10.0. The molecular formula is C20H18ClNO4. The van der Waals surface area contributed by atoms with Crippen LogP contribution in [0.25, 0.3) is 22.1 Å². The standard InChI is InChI=1S/C20H18ClNO4/c1-12(20(24)22(2)3)25-13-8-9-15-16(11-19(23)26-18(15)10-13)14-6-4-5-7-17(14)21/h4-12H,1-3H3/t12-/m1/s1. The molecule has 0 unspecified atom stereocenters. The summed E-state index contributed by atoms with van der Waals surface area (Å²) in [7, 11) is 3.33. The Labute approximate surface area is 155 Å². The SMILES string of the molecule is C[C@@H](Oc1ccc2c(-c3ccccc3Cl)cc(=O)oc2c1)C(=O)N(C)C. The van der Waals surface area contributed by atoms with Crippen molar-refractivity contribution in [2.75, 3.05) is 14.1 Å². The first-order valence-corrected chi connectivity index (χ1v) is 8.45. The van der Waals surface area contributed by atoms with Crippen LogP contribution in [-0.2, 0) is 4.79 Å². The summed E-state index contributed by atoms with van der Waals surface area (Å²) in [5, 5.41) is 1.28. The molecule has 0 spiro atoms. The second kappa shape index (κ2) is 7.22. The molecule has 0 N–H and O–H groups in total. The molecule has 0 aliphatic carbocycles. The fourth-order valence-electron chi connectivity index (χ4n) is 2.74. The van der Waals surface area contributed by atoms with E-state index in [1.807, 2.05) is 18.2 Å². The van der Waals surface area contributed by atoms with Crippen molar-refractivity contribution in [3.05, 3.63) is 64.0 Å². The van der Waals surface area contributed by atoms with Gasteiger partial charge in [0.2, 0.25) is 0 Å². The molecule has 0 aliphatic heterocycles. The molecule has 6 heteroatoms. The third kappa shape index (κ3) is 3.58. The van der Waals surface area contributed by atoms with Gasteiger partial charge >= 0.3 is 5.63 Å². The van der Waals surface area contributed by atoms with Gasteiger partial charge in [0.05, 0.1) is 0 Å². The monoisotopic (exact) mass is 371 g/mol. The Kier molecular flexibility index (Phi) is 5.00. The summed E-state index contributed by atoms with van der Waals surface area (Å²) in [5.41, 5.74) is 1.32. The molecular weight excluding hydrogens is 354 g/mol. The number of fused-ring (bicyclic) bond motifs is 1. The number of nitrogens with zero attached hydrogens (tertiary/aromatic N) is 1. The highest BCUT2D eigenvalue weighted by atomic mass is 35.5. The Bertz CT molecular complexity index is 1030. The predicted molar refractivity (Wildman–Crippen MR) is 102 cm³/mol. The molecule has 0 radical (unpaired) electrons. The Balaban J connectivity index is 2.05. The lowest BCUT2D eigenvalue weighted by Gasteiger charge is -2.18. The minimum atomic E-state index is -0.652. The quantitative estimate of drug-likeness (QED) is 0.651. The van der Waals surface area contributed by atoms with Crippen LogP contribution >= 0.6 is 11.6 Å². The van der Waals surface area contributed by atoms with Crippen LogP contribution in [0.15, 0.2) is 57.7 Å². The maximum Gasteiger partial charge on any atom is 0.336 e. The molecule has 3 rings (SSSR count). The molecule has 2 aromatic carbocycles. The van der Waals surface area contributed by atoms with Crippen LogP contribution in [-0.4, -0.2) is 31.0 Å². The molecule has 1 atom stereocenters. The van der Waals surface area contributed by atoms with Gasteiger partial charge in [0.25, 0.3) is 5.91 Å². The third-order valence-electron chi connectivity index (χ3n) is 3.98. The van der Waals surface area contributed by atoms with Gasteiger partial charge in [0.15, 0.2) is 6.10 Å². The molecule has 1 aromatic heterocycles. The number of hydrogen-bond acceptors (Lipinski definition) is 4. The number of ether oxygens (including phenoxy) is 1. The first-order valence-electron chi connectivity index (χ1n) is 8.07. The van der Waals surface area contributed by atoms with Crippen LogP contribution in [0.5, 0.6) is 5.75 Å². The highest BCUT2D eigenvalue weighted by Crippen LogP contribution is 2.33. The fraction of sp³-hybridized carbons (Fsp3) is 0.200. The van der Waals surface area contributed by atoms with Crippen molar-refractivity contribution in [2.24, 2.45) is 0 Å². The second-order valence-corrected chi connectivity index (χ2v) is 6.52. The summed E-state index contributed by atoms with van der Waals surface area (Å²) < 4.78 is 11.0. The maximum atomic E-state index is 12.0. The number of benzene rings is 2. The lowest BCUT2D eigenvalue weighted by molar-refractivity contribution is -0.135. The van der Waals surface area contributed by atoms with Gasteiger partial charge in [-0.15, -0.1) is 0 Å². The normalized spacial score (nSPS) is 12.0. The zero-order chi connectivity index (χ0) is 18.8. The number of carbonyl (C=O) groups excluding carboxylic acids is 1. The molecule has 26 heavy (non-hydrogen) atoms. The van der Waals surface area contributed by atoms with Gasteiger partial charge in [0, 0.05) is 47.8 Å².